The smallest absolute Gasteiger partial charge is 0.225 e. The largest absolute Gasteiger partial charge is 0.351 e. The predicted octanol–water partition coefficient (Wildman–Crippen LogP) is 2.71. The van der Waals surface area contributed by atoms with Gasteiger partial charge in [-0.25, -0.2) is 19.5 Å². The Balaban J connectivity index is 1.53. The van der Waals surface area contributed by atoms with Gasteiger partial charge in [0.1, 0.15) is 5.52 Å². The molecule has 0 bridgehead atoms. The maximum Gasteiger partial charge on any atom is 0.225 e. The first-order chi connectivity index (χ1) is 13.0. The van der Waals surface area contributed by atoms with Crippen LogP contribution < -0.4 is 9.80 Å². The Morgan fingerprint density at radius 3 is 2.26 bits per heavy atom. The minimum atomic E-state index is 0.0178. The SMILES string of the molecule is CCc1cnc(N2CCN(c3nccn4nc(C(C)(C)C)cc34)CC2)nc1. The van der Waals surface area contributed by atoms with Crippen LogP contribution in [0, 0.1) is 0 Å². The zero-order valence-electron chi connectivity index (χ0n) is 16.6. The Kier molecular flexibility index (Phi) is 4.45. The van der Waals surface area contributed by atoms with Crippen LogP contribution in [0.5, 0.6) is 0 Å². The molecule has 0 aliphatic carbocycles. The average molecular weight is 365 g/mol. The fourth-order valence-corrected chi connectivity index (χ4v) is 3.33. The predicted molar refractivity (Wildman–Crippen MR) is 108 cm³/mol. The molecule has 4 rings (SSSR count). The summed E-state index contributed by atoms with van der Waals surface area (Å²) in [5.74, 6) is 1.82. The average Bonchev–Trinajstić information content (AvgIpc) is 3.13. The summed E-state index contributed by atoms with van der Waals surface area (Å²) in [4.78, 5) is 18.3. The van der Waals surface area contributed by atoms with E-state index in [4.69, 9.17) is 5.10 Å². The topological polar surface area (TPSA) is 62.5 Å². The summed E-state index contributed by atoms with van der Waals surface area (Å²) in [6.07, 6.45) is 8.58. The molecule has 0 N–H and O–H groups in total. The molecule has 142 valence electrons. The Morgan fingerprint density at radius 1 is 0.963 bits per heavy atom. The quantitative estimate of drug-likeness (QED) is 0.711. The van der Waals surface area contributed by atoms with Crippen LogP contribution in [-0.2, 0) is 11.8 Å². The van der Waals surface area contributed by atoms with Gasteiger partial charge in [-0.15, -0.1) is 0 Å². The lowest BCUT2D eigenvalue weighted by Crippen LogP contribution is -2.47. The number of anilines is 2. The van der Waals surface area contributed by atoms with Gasteiger partial charge in [-0.2, -0.15) is 5.10 Å². The highest BCUT2D eigenvalue weighted by molar-refractivity contribution is 5.70. The summed E-state index contributed by atoms with van der Waals surface area (Å²) < 4.78 is 1.95. The molecule has 1 aliphatic heterocycles. The van der Waals surface area contributed by atoms with Crippen molar-refractivity contribution in [2.75, 3.05) is 36.0 Å². The van der Waals surface area contributed by atoms with E-state index in [-0.39, 0.29) is 5.41 Å². The molecular weight excluding hydrogens is 338 g/mol. The van der Waals surface area contributed by atoms with Crippen molar-refractivity contribution >= 4 is 17.3 Å². The van der Waals surface area contributed by atoms with Crippen LogP contribution in [0.15, 0.2) is 30.9 Å². The van der Waals surface area contributed by atoms with Gasteiger partial charge >= 0.3 is 0 Å². The van der Waals surface area contributed by atoms with Crippen molar-refractivity contribution in [3.63, 3.8) is 0 Å². The van der Waals surface area contributed by atoms with E-state index in [1.54, 1.807) is 0 Å². The van der Waals surface area contributed by atoms with Crippen molar-refractivity contribution in [3.8, 4) is 0 Å². The normalized spacial score (nSPS) is 15.6. The van der Waals surface area contributed by atoms with Crippen molar-refractivity contribution in [2.45, 2.75) is 39.5 Å². The van der Waals surface area contributed by atoms with E-state index in [2.05, 4.69) is 58.5 Å². The molecule has 1 fully saturated rings. The maximum atomic E-state index is 4.74. The lowest BCUT2D eigenvalue weighted by molar-refractivity contribution is 0.562. The van der Waals surface area contributed by atoms with Crippen molar-refractivity contribution in [3.05, 3.63) is 42.1 Å². The van der Waals surface area contributed by atoms with Crippen molar-refractivity contribution in [1.29, 1.82) is 0 Å². The summed E-state index contributed by atoms with van der Waals surface area (Å²) in [7, 11) is 0. The fourth-order valence-electron chi connectivity index (χ4n) is 3.33. The first-order valence-electron chi connectivity index (χ1n) is 9.61. The van der Waals surface area contributed by atoms with Crippen LogP contribution in [0.1, 0.15) is 39.0 Å². The minimum Gasteiger partial charge on any atom is -0.351 e. The van der Waals surface area contributed by atoms with Crippen LogP contribution in [0.3, 0.4) is 0 Å². The third-order valence-corrected chi connectivity index (χ3v) is 5.10. The zero-order valence-corrected chi connectivity index (χ0v) is 16.6. The molecular formula is C20H27N7. The number of rotatable bonds is 3. The number of piperazine rings is 1. The Labute approximate surface area is 160 Å². The van der Waals surface area contributed by atoms with E-state index in [0.717, 1.165) is 55.6 Å². The second-order valence-electron chi connectivity index (χ2n) is 8.08. The highest BCUT2D eigenvalue weighted by Gasteiger charge is 2.24. The third kappa shape index (κ3) is 3.46. The fraction of sp³-hybridized carbons (Fsp3) is 0.500. The molecule has 0 radical (unpaired) electrons. The molecule has 0 saturated carbocycles. The van der Waals surface area contributed by atoms with Crippen LogP contribution in [0.25, 0.3) is 5.52 Å². The van der Waals surface area contributed by atoms with E-state index < -0.39 is 0 Å². The van der Waals surface area contributed by atoms with Crippen LogP contribution in [-0.4, -0.2) is 50.7 Å². The lowest BCUT2D eigenvalue weighted by atomic mass is 9.92. The van der Waals surface area contributed by atoms with Crippen LogP contribution in [0.2, 0.25) is 0 Å². The van der Waals surface area contributed by atoms with E-state index >= 15 is 0 Å². The number of nitrogens with zero attached hydrogens (tertiary/aromatic N) is 7. The van der Waals surface area contributed by atoms with Gasteiger partial charge in [0.05, 0.1) is 5.69 Å². The van der Waals surface area contributed by atoms with Gasteiger partial charge in [0.15, 0.2) is 5.82 Å². The van der Waals surface area contributed by atoms with Gasteiger partial charge in [0, 0.05) is 56.4 Å². The van der Waals surface area contributed by atoms with Crippen molar-refractivity contribution < 1.29 is 0 Å². The number of aromatic nitrogens is 5. The van der Waals surface area contributed by atoms with Gasteiger partial charge in [-0.3, -0.25) is 0 Å². The zero-order chi connectivity index (χ0) is 19.0. The summed E-state index contributed by atoms with van der Waals surface area (Å²) in [5, 5.41) is 4.74. The summed E-state index contributed by atoms with van der Waals surface area (Å²) >= 11 is 0. The second-order valence-corrected chi connectivity index (χ2v) is 8.08. The molecule has 0 amide bonds. The third-order valence-electron chi connectivity index (χ3n) is 5.10. The standard InChI is InChI=1S/C20H27N7/c1-5-15-13-22-19(23-14-15)26-10-8-25(9-11-26)18-16-12-17(20(2,3)4)24-27(16)7-6-21-18/h6-7,12-14H,5,8-11H2,1-4H3. The second kappa shape index (κ2) is 6.79. The first-order valence-corrected chi connectivity index (χ1v) is 9.61. The molecule has 0 unspecified atom stereocenters. The maximum absolute atomic E-state index is 4.74. The number of hydrogen-bond acceptors (Lipinski definition) is 6. The lowest BCUT2D eigenvalue weighted by Gasteiger charge is -2.35. The monoisotopic (exact) mass is 365 g/mol. The van der Waals surface area contributed by atoms with Gasteiger partial charge in [-0.05, 0) is 18.1 Å². The molecule has 7 heteroatoms. The van der Waals surface area contributed by atoms with Gasteiger partial charge in [0.25, 0.3) is 0 Å². The highest BCUT2D eigenvalue weighted by Crippen LogP contribution is 2.27. The minimum absolute atomic E-state index is 0.0178. The molecule has 4 heterocycles. The first kappa shape index (κ1) is 17.7. The summed E-state index contributed by atoms with van der Waals surface area (Å²) in [6.45, 7) is 12.2. The van der Waals surface area contributed by atoms with Crippen LogP contribution >= 0.6 is 0 Å². The summed E-state index contributed by atoms with van der Waals surface area (Å²) in [5.41, 5.74) is 3.34. The Morgan fingerprint density at radius 2 is 1.63 bits per heavy atom. The molecule has 1 saturated heterocycles. The number of hydrogen-bond donors (Lipinski definition) is 0. The van der Waals surface area contributed by atoms with Gasteiger partial charge in [0.2, 0.25) is 5.95 Å². The Bertz CT molecular complexity index is 916. The molecule has 7 nitrogen and oxygen atoms in total. The van der Waals surface area contributed by atoms with Crippen LogP contribution in [0.4, 0.5) is 11.8 Å². The molecule has 1 aliphatic rings. The molecule has 0 atom stereocenters. The highest BCUT2D eigenvalue weighted by atomic mass is 15.3. The number of aryl methyl sites for hydroxylation is 1. The van der Waals surface area contributed by atoms with E-state index in [1.165, 1.54) is 5.56 Å². The van der Waals surface area contributed by atoms with E-state index in [1.807, 2.05) is 29.3 Å². The molecule has 0 aromatic carbocycles. The van der Waals surface area contributed by atoms with E-state index in [9.17, 15) is 0 Å². The molecule has 27 heavy (non-hydrogen) atoms. The molecule has 0 spiro atoms. The van der Waals surface area contributed by atoms with Crippen molar-refractivity contribution in [1.82, 2.24) is 24.6 Å². The van der Waals surface area contributed by atoms with Gasteiger partial charge < -0.3 is 9.80 Å². The summed E-state index contributed by atoms with van der Waals surface area (Å²) in [6, 6.07) is 2.17. The Hall–Kier alpha value is -2.70. The molecule has 3 aromatic heterocycles. The van der Waals surface area contributed by atoms with Gasteiger partial charge in [-0.1, -0.05) is 27.7 Å². The van der Waals surface area contributed by atoms with Crippen molar-refractivity contribution in [2.24, 2.45) is 0 Å². The van der Waals surface area contributed by atoms with E-state index in [0.29, 0.717) is 0 Å². The number of fused-ring (bicyclic) bond motifs is 1. The molecule has 3 aromatic rings.